The number of carbonyl (C=O) groups is 1. The summed E-state index contributed by atoms with van der Waals surface area (Å²) in [6.07, 6.45) is 9.50. The molecule has 2 fully saturated rings. The molecule has 0 amide bonds. The molecule has 3 atom stereocenters. The topological polar surface area (TPSA) is 58.6 Å². The van der Waals surface area contributed by atoms with Crippen molar-refractivity contribution in [1.29, 1.82) is 0 Å². The van der Waals surface area contributed by atoms with Crippen molar-refractivity contribution in [2.45, 2.75) is 76.9 Å². The van der Waals surface area contributed by atoms with Crippen molar-refractivity contribution in [1.82, 2.24) is 5.48 Å². The Morgan fingerprint density at radius 1 is 1.37 bits per heavy atom. The van der Waals surface area contributed by atoms with E-state index in [2.05, 4.69) is 5.48 Å². The summed E-state index contributed by atoms with van der Waals surface area (Å²) in [7, 11) is 0. The SMILES string of the molecule is CCC(O)CCC1NOC(=O)[C@H]1CC1CCCCC1. The molecular weight excluding hydrogens is 242 g/mol. The molecule has 2 rings (SSSR count). The highest BCUT2D eigenvalue weighted by molar-refractivity contribution is 5.74. The average Bonchev–Trinajstić information content (AvgIpc) is 2.78. The second-order valence-electron chi connectivity index (χ2n) is 6.13. The van der Waals surface area contributed by atoms with Gasteiger partial charge in [-0.3, -0.25) is 0 Å². The van der Waals surface area contributed by atoms with Gasteiger partial charge in [-0.15, -0.1) is 5.48 Å². The lowest BCUT2D eigenvalue weighted by Gasteiger charge is -2.25. The Kier molecular flexibility index (Phi) is 5.64. The molecule has 0 aromatic carbocycles. The Morgan fingerprint density at radius 2 is 2.11 bits per heavy atom. The van der Waals surface area contributed by atoms with Crippen molar-refractivity contribution in [3.05, 3.63) is 0 Å². The van der Waals surface area contributed by atoms with Crippen LogP contribution in [-0.2, 0) is 9.63 Å². The van der Waals surface area contributed by atoms with Crippen molar-refractivity contribution >= 4 is 5.97 Å². The van der Waals surface area contributed by atoms with Crippen molar-refractivity contribution in [3.63, 3.8) is 0 Å². The number of aliphatic hydroxyl groups excluding tert-OH is 1. The van der Waals surface area contributed by atoms with Crippen LogP contribution in [0.2, 0.25) is 0 Å². The molecule has 1 saturated carbocycles. The molecule has 1 heterocycles. The molecule has 0 bridgehead atoms. The van der Waals surface area contributed by atoms with Crippen LogP contribution in [0.1, 0.15) is 64.7 Å². The normalized spacial score (nSPS) is 30.3. The highest BCUT2D eigenvalue weighted by Crippen LogP contribution is 2.33. The maximum Gasteiger partial charge on any atom is 0.329 e. The first kappa shape index (κ1) is 14.8. The van der Waals surface area contributed by atoms with Crippen LogP contribution in [0.25, 0.3) is 0 Å². The van der Waals surface area contributed by atoms with E-state index in [9.17, 15) is 9.90 Å². The Bertz CT molecular complexity index is 289. The lowest BCUT2D eigenvalue weighted by Crippen LogP contribution is -2.30. The van der Waals surface area contributed by atoms with Crippen molar-refractivity contribution in [2.75, 3.05) is 0 Å². The maximum atomic E-state index is 11.8. The molecule has 0 aromatic heterocycles. The molecule has 0 radical (unpaired) electrons. The molecule has 4 nitrogen and oxygen atoms in total. The standard InChI is InChI=1S/C15H27NO3/c1-2-12(17)8-9-14-13(15(18)19-16-14)10-11-6-4-3-5-7-11/h11-14,16-17H,2-10H2,1H3/t12?,13-,14?/m0/s1. The van der Waals surface area contributed by atoms with Crippen LogP contribution in [-0.4, -0.2) is 23.2 Å². The van der Waals surface area contributed by atoms with Crippen molar-refractivity contribution < 1.29 is 14.7 Å². The molecule has 2 aliphatic rings. The predicted octanol–water partition coefficient (Wildman–Crippen LogP) is 2.55. The predicted molar refractivity (Wildman–Crippen MR) is 73.2 cm³/mol. The number of hydrogen-bond donors (Lipinski definition) is 2. The van der Waals surface area contributed by atoms with Gasteiger partial charge in [0.15, 0.2) is 0 Å². The lowest BCUT2D eigenvalue weighted by atomic mass is 9.80. The van der Waals surface area contributed by atoms with Gasteiger partial charge < -0.3 is 9.94 Å². The van der Waals surface area contributed by atoms with Gasteiger partial charge in [-0.1, -0.05) is 39.0 Å². The number of rotatable bonds is 6. The summed E-state index contributed by atoms with van der Waals surface area (Å²) >= 11 is 0. The van der Waals surface area contributed by atoms with Crippen LogP contribution in [0.15, 0.2) is 0 Å². The zero-order valence-corrected chi connectivity index (χ0v) is 11.9. The van der Waals surface area contributed by atoms with Crippen LogP contribution in [0, 0.1) is 11.8 Å². The zero-order valence-electron chi connectivity index (χ0n) is 11.9. The molecular formula is C15H27NO3. The van der Waals surface area contributed by atoms with E-state index in [0.29, 0.717) is 5.92 Å². The van der Waals surface area contributed by atoms with E-state index >= 15 is 0 Å². The summed E-state index contributed by atoms with van der Waals surface area (Å²) in [4.78, 5) is 16.8. The van der Waals surface area contributed by atoms with Crippen LogP contribution >= 0.6 is 0 Å². The van der Waals surface area contributed by atoms with Gasteiger partial charge in [0, 0.05) is 0 Å². The summed E-state index contributed by atoms with van der Waals surface area (Å²) in [5.41, 5.74) is 2.86. The second kappa shape index (κ2) is 7.25. The molecule has 1 saturated heterocycles. The zero-order chi connectivity index (χ0) is 13.7. The van der Waals surface area contributed by atoms with Gasteiger partial charge in [0.05, 0.1) is 18.1 Å². The monoisotopic (exact) mass is 269 g/mol. The maximum absolute atomic E-state index is 11.8. The molecule has 1 aliphatic heterocycles. The molecule has 4 heteroatoms. The van der Waals surface area contributed by atoms with E-state index in [4.69, 9.17) is 4.84 Å². The molecule has 110 valence electrons. The Morgan fingerprint density at radius 3 is 2.79 bits per heavy atom. The first-order chi connectivity index (χ1) is 9.20. The minimum Gasteiger partial charge on any atom is -0.393 e. The van der Waals surface area contributed by atoms with E-state index < -0.39 is 0 Å². The second-order valence-corrected chi connectivity index (χ2v) is 6.13. The number of aliphatic hydroxyl groups is 1. The van der Waals surface area contributed by atoms with Gasteiger partial charge in [0.1, 0.15) is 0 Å². The molecule has 0 spiro atoms. The highest BCUT2D eigenvalue weighted by Gasteiger charge is 2.38. The van der Waals surface area contributed by atoms with Gasteiger partial charge in [0.2, 0.25) is 0 Å². The van der Waals surface area contributed by atoms with E-state index in [-0.39, 0.29) is 24.0 Å². The first-order valence-corrected chi connectivity index (χ1v) is 7.85. The lowest BCUT2D eigenvalue weighted by molar-refractivity contribution is -0.146. The van der Waals surface area contributed by atoms with Gasteiger partial charge in [0.25, 0.3) is 0 Å². The Balaban J connectivity index is 1.82. The van der Waals surface area contributed by atoms with Gasteiger partial charge >= 0.3 is 5.97 Å². The van der Waals surface area contributed by atoms with Crippen LogP contribution < -0.4 is 5.48 Å². The summed E-state index contributed by atoms with van der Waals surface area (Å²) in [6, 6.07) is 0.0932. The quantitative estimate of drug-likeness (QED) is 0.778. The number of carbonyl (C=O) groups excluding carboxylic acids is 1. The third-order valence-electron chi connectivity index (χ3n) is 4.69. The molecule has 19 heavy (non-hydrogen) atoms. The fourth-order valence-electron chi connectivity index (χ4n) is 3.33. The largest absolute Gasteiger partial charge is 0.393 e. The number of nitrogens with one attached hydrogen (secondary N) is 1. The van der Waals surface area contributed by atoms with Gasteiger partial charge in [-0.05, 0) is 31.6 Å². The van der Waals surface area contributed by atoms with Gasteiger partial charge in [-0.2, -0.15) is 0 Å². The summed E-state index contributed by atoms with van der Waals surface area (Å²) in [5, 5.41) is 9.64. The Labute approximate surface area is 115 Å². The molecule has 2 N–H and O–H groups in total. The van der Waals surface area contributed by atoms with Crippen LogP contribution in [0.5, 0.6) is 0 Å². The van der Waals surface area contributed by atoms with E-state index in [0.717, 1.165) is 25.7 Å². The molecule has 1 aliphatic carbocycles. The minimum absolute atomic E-state index is 0.00726. The van der Waals surface area contributed by atoms with Crippen molar-refractivity contribution in [3.8, 4) is 0 Å². The third-order valence-corrected chi connectivity index (χ3v) is 4.69. The fourth-order valence-corrected chi connectivity index (χ4v) is 3.33. The first-order valence-electron chi connectivity index (χ1n) is 7.85. The number of hydrogen-bond acceptors (Lipinski definition) is 4. The molecule has 2 unspecified atom stereocenters. The van der Waals surface area contributed by atoms with E-state index in [1.165, 1.54) is 32.1 Å². The minimum atomic E-state index is -0.257. The van der Waals surface area contributed by atoms with E-state index in [1.807, 2.05) is 6.92 Å². The smallest absolute Gasteiger partial charge is 0.329 e. The average molecular weight is 269 g/mol. The summed E-state index contributed by atoms with van der Waals surface area (Å²) in [5.74, 6) is 0.582. The summed E-state index contributed by atoms with van der Waals surface area (Å²) in [6.45, 7) is 1.98. The fraction of sp³-hybridized carbons (Fsp3) is 0.933. The van der Waals surface area contributed by atoms with Crippen LogP contribution in [0.3, 0.4) is 0 Å². The van der Waals surface area contributed by atoms with E-state index in [1.54, 1.807) is 0 Å². The van der Waals surface area contributed by atoms with Gasteiger partial charge in [-0.25, -0.2) is 4.79 Å². The highest BCUT2D eigenvalue weighted by atomic mass is 16.7. The Hall–Kier alpha value is -0.610. The van der Waals surface area contributed by atoms with Crippen molar-refractivity contribution in [2.24, 2.45) is 11.8 Å². The number of hydroxylamine groups is 1. The molecule has 0 aromatic rings. The third kappa shape index (κ3) is 4.18. The summed E-state index contributed by atoms with van der Waals surface area (Å²) < 4.78 is 0. The van der Waals surface area contributed by atoms with Crippen LogP contribution in [0.4, 0.5) is 0 Å².